The van der Waals surface area contributed by atoms with E-state index in [1.54, 1.807) is 0 Å². The lowest BCUT2D eigenvalue weighted by Crippen LogP contribution is -2.14. The first-order valence-electron chi connectivity index (χ1n) is 4.79. The summed E-state index contributed by atoms with van der Waals surface area (Å²) in [7, 11) is -3.78. The van der Waals surface area contributed by atoms with Gasteiger partial charge in [-0.25, -0.2) is 8.42 Å². The van der Waals surface area contributed by atoms with Crippen molar-refractivity contribution in [3.05, 3.63) is 18.5 Å². The second-order valence-corrected chi connectivity index (χ2v) is 4.88. The van der Waals surface area contributed by atoms with Gasteiger partial charge in [-0.15, -0.1) is 0 Å². The number of nitrogens with one attached hydrogen (secondary N) is 1. The number of hydrogen-bond donors (Lipinski definition) is 2. The summed E-state index contributed by atoms with van der Waals surface area (Å²) in [5.74, 6) is 0.0384. The van der Waals surface area contributed by atoms with E-state index < -0.39 is 10.0 Å². The molecule has 92 valence electrons. The Balaban J connectivity index is 2.34. The summed E-state index contributed by atoms with van der Waals surface area (Å²) in [5.41, 5.74) is 5.54. The zero-order chi connectivity index (χ0) is 12.5. The first-order chi connectivity index (χ1) is 8.03. The summed E-state index contributed by atoms with van der Waals surface area (Å²) < 4.78 is 32.0. The van der Waals surface area contributed by atoms with Crippen LogP contribution in [0.2, 0.25) is 0 Å². The van der Waals surface area contributed by atoms with Gasteiger partial charge in [0.2, 0.25) is 0 Å². The number of aryl methyl sites for hydroxylation is 1. The number of nitrogens with two attached hydrogens (primary N) is 1. The molecule has 0 fully saturated rings. The maximum Gasteiger partial charge on any atom is 0.268 e. The standard InChI is InChI=1S/C8H11N5O3S/c1-2-13-5-6(8(9)10-13)17(14,15)12-7-3-4-16-11-7/h3-5H,2H2,1H3,(H2,9,10)(H,11,12). The van der Waals surface area contributed by atoms with Crippen LogP contribution in [-0.2, 0) is 16.6 Å². The van der Waals surface area contributed by atoms with E-state index in [9.17, 15) is 8.42 Å². The van der Waals surface area contributed by atoms with Crippen LogP contribution in [0.5, 0.6) is 0 Å². The number of anilines is 2. The van der Waals surface area contributed by atoms with Gasteiger partial charge in [-0.1, -0.05) is 5.16 Å². The van der Waals surface area contributed by atoms with Crippen LogP contribution >= 0.6 is 0 Å². The van der Waals surface area contributed by atoms with E-state index in [0.717, 1.165) is 0 Å². The Morgan fingerprint density at radius 1 is 1.59 bits per heavy atom. The minimum Gasteiger partial charge on any atom is -0.381 e. The Labute approximate surface area is 97.4 Å². The van der Waals surface area contributed by atoms with Crippen molar-refractivity contribution in [3.63, 3.8) is 0 Å². The van der Waals surface area contributed by atoms with Crippen molar-refractivity contribution in [2.45, 2.75) is 18.4 Å². The van der Waals surface area contributed by atoms with Gasteiger partial charge in [-0.05, 0) is 6.92 Å². The van der Waals surface area contributed by atoms with Crippen molar-refractivity contribution in [1.82, 2.24) is 14.9 Å². The SMILES string of the molecule is CCn1cc(S(=O)(=O)Nc2ccon2)c(N)n1. The third-order valence-electron chi connectivity index (χ3n) is 2.05. The number of nitrogens with zero attached hydrogens (tertiary/aromatic N) is 3. The molecule has 0 atom stereocenters. The average molecular weight is 257 g/mol. The molecule has 2 rings (SSSR count). The van der Waals surface area contributed by atoms with E-state index in [1.807, 2.05) is 6.92 Å². The maximum absolute atomic E-state index is 11.9. The lowest BCUT2D eigenvalue weighted by atomic mass is 10.6. The fourth-order valence-corrected chi connectivity index (χ4v) is 2.31. The molecule has 0 aliphatic carbocycles. The second kappa shape index (κ2) is 4.09. The molecule has 0 spiro atoms. The van der Waals surface area contributed by atoms with Crippen LogP contribution in [0, 0.1) is 0 Å². The Kier molecular flexibility index (Phi) is 2.76. The number of rotatable bonds is 4. The van der Waals surface area contributed by atoms with Crippen molar-refractivity contribution in [3.8, 4) is 0 Å². The second-order valence-electron chi connectivity index (χ2n) is 3.22. The lowest BCUT2D eigenvalue weighted by molar-refractivity contribution is 0.423. The zero-order valence-electron chi connectivity index (χ0n) is 8.99. The molecule has 8 nitrogen and oxygen atoms in total. The summed E-state index contributed by atoms with van der Waals surface area (Å²) >= 11 is 0. The highest BCUT2D eigenvalue weighted by Crippen LogP contribution is 2.19. The van der Waals surface area contributed by atoms with Gasteiger partial charge in [0.05, 0.1) is 0 Å². The fourth-order valence-electron chi connectivity index (χ4n) is 1.24. The number of hydrogen-bond acceptors (Lipinski definition) is 6. The van der Waals surface area contributed by atoms with Crippen LogP contribution in [0.4, 0.5) is 11.6 Å². The van der Waals surface area contributed by atoms with Crippen LogP contribution in [-0.4, -0.2) is 23.4 Å². The Hall–Kier alpha value is -2.03. The Bertz CT molecular complexity index is 601. The van der Waals surface area contributed by atoms with E-state index in [1.165, 1.54) is 23.2 Å². The Morgan fingerprint density at radius 3 is 2.88 bits per heavy atom. The third-order valence-corrected chi connectivity index (χ3v) is 3.42. The maximum atomic E-state index is 11.9. The van der Waals surface area contributed by atoms with E-state index >= 15 is 0 Å². The topological polar surface area (TPSA) is 116 Å². The van der Waals surface area contributed by atoms with Crippen LogP contribution < -0.4 is 10.5 Å². The molecule has 0 saturated heterocycles. The summed E-state index contributed by atoms with van der Waals surface area (Å²) in [4.78, 5) is -0.0812. The van der Waals surface area contributed by atoms with Gasteiger partial charge in [0.1, 0.15) is 11.2 Å². The molecule has 0 unspecified atom stereocenters. The molecule has 2 aromatic heterocycles. The fraction of sp³-hybridized carbons (Fsp3) is 0.250. The number of nitrogen functional groups attached to an aromatic ring is 1. The molecule has 2 aromatic rings. The predicted molar refractivity (Wildman–Crippen MR) is 59.6 cm³/mol. The quantitative estimate of drug-likeness (QED) is 0.812. The molecule has 9 heteroatoms. The molecule has 3 N–H and O–H groups in total. The van der Waals surface area contributed by atoms with Gasteiger partial charge >= 0.3 is 0 Å². The minimum absolute atomic E-state index is 0.0529. The monoisotopic (exact) mass is 257 g/mol. The van der Waals surface area contributed by atoms with Crippen LogP contribution in [0.1, 0.15) is 6.92 Å². The van der Waals surface area contributed by atoms with Crippen molar-refractivity contribution in [2.24, 2.45) is 0 Å². The minimum atomic E-state index is -3.78. The smallest absolute Gasteiger partial charge is 0.268 e. The molecule has 0 aliphatic rings. The highest BCUT2D eigenvalue weighted by atomic mass is 32.2. The summed E-state index contributed by atoms with van der Waals surface area (Å²) in [6, 6.07) is 1.39. The van der Waals surface area contributed by atoms with Gasteiger partial charge in [-0.2, -0.15) is 5.10 Å². The summed E-state index contributed by atoms with van der Waals surface area (Å²) in [5, 5.41) is 7.31. The molecule has 17 heavy (non-hydrogen) atoms. The van der Waals surface area contributed by atoms with Crippen molar-refractivity contribution >= 4 is 21.7 Å². The average Bonchev–Trinajstić information content (AvgIpc) is 2.86. The molecular formula is C8H11N5O3S. The highest BCUT2D eigenvalue weighted by molar-refractivity contribution is 7.92. The van der Waals surface area contributed by atoms with Crippen molar-refractivity contribution in [2.75, 3.05) is 10.5 Å². The van der Waals surface area contributed by atoms with Crippen LogP contribution in [0.25, 0.3) is 0 Å². The van der Waals surface area contributed by atoms with Crippen LogP contribution in [0.3, 0.4) is 0 Å². The molecule has 0 saturated carbocycles. The number of sulfonamides is 1. The van der Waals surface area contributed by atoms with Gasteiger partial charge in [0, 0.05) is 18.8 Å². The van der Waals surface area contributed by atoms with E-state index in [4.69, 9.17) is 5.73 Å². The zero-order valence-corrected chi connectivity index (χ0v) is 9.81. The lowest BCUT2D eigenvalue weighted by Gasteiger charge is -2.01. The van der Waals surface area contributed by atoms with Crippen molar-refractivity contribution in [1.29, 1.82) is 0 Å². The molecule has 0 aliphatic heterocycles. The third kappa shape index (κ3) is 2.23. The first kappa shape index (κ1) is 11.5. The first-order valence-corrected chi connectivity index (χ1v) is 6.27. The van der Waals surface area contributed by atoms with Gasteiger partial charge in [-0.3, -0.25) is 9.40 Å². The van der Waals surface area contributed by atoms with Gasteiger partial charge in [0.15, 0.2) is 11.6 Å². The molecular weight excluding hydrogens is 246 g/mol. The van der Waals surface area contributed by atoms with Gasteiger partial charge < -0.3 is 10.3 Å². The molecule has 0 aromatic carbocycles. The van der Waals surface area contributed by atoms with E-state index in [2.05, 4.69) is 19.5 Å². The largest absolute Gasteiger partial charge is 0.381 e. The summed E-state index contributed by atoms with van der Waals surface area (Å²) in [6.07, 6.45) is 2.62. The molecule has 0 bridgehead atoms. The highest BCUT2D eigenvalue weighted by Gasteiger charge is 2.21. The summed E-state index contributed by atoms with van der Waals surface area (Å²) in [6.45, 7) is 2.36. The van der Waals surface area contributed by atoms with E-state index in [0.29, 0.717) is 6.54 Å². The molecule has 0 amide bonds. The molecule has 0 radical (unpaired) electrons. The normalized spacial score (nSPS) is 11.6. The van der Waals surface area contributed by atoms with Crippen molar-refractivity contribution < 1.29 is 12.9 Å². The van der Waals surface area contributed by atoms with Gasteiger partial charge in [0.25, 0.3) is 10.0 Å². The Morgan fingerprint density at radius 2 is 2.35 bits per heavy atom. The van der Waals surface area contributed by atoms with Crippen LogP contribution in [0.15, 0.2) is 27.9 Å². The molecule has 2 heterocycles. The van der Waals surface area contributed by atoms with E-state index in [-0.39, 0.29) is 16.5 Å². The number of aromatic nitrogens is 3. The predicted octanol–water partition coefficient (Wildman–Crippen LogP) is 0.274.